The number of carbonyl (C=O) groups is 2. The molecule has 0 aliphatic rings. The average molecular weight is 323 g/mol. The van der Waals surface area contributed by atoms with Crippen molar-refractivity contribution < 1.29 is 14.7 Å². The maximum atomic E-state index is 12.1. The van der Waals surface area contributed by atoms with Gasteiger partial charge < -0.3 is 10.4 Å². The molecule has 0 aliphatic carbocycles. The Hall–Kier alpha value is -2.22. The number of hydrogen-bond acceptors (Lipinski definition) is 5. The van der Waals surface area contributed by atoms with Crippen LogP contribution in [0.4, 0.5) is 0 Å². The molecular weight excluding hydrogens is 306 g/mol. The van der Waals surface area contributed by atoms with E-state index in [0.29, 0.717) is 10.2 Å². The Labute approximate surface area is 130 Å². The first-order valence-corrected chi connectivity index (χ1v) is 7.73. The van der Waals surface area contributed by atoms with Crippen molar-refractivity contribution in [1.82, 2.24) is 14.9 Å². The van der Waals surface area contributed by atoms with Crippen molar-refractivity contribution in [3.8, 4) is 0 Å². The van der Waals surface area contributed by atoms with Gasteiger partial charge >= 0.3 is 5.97 Å². The number of aliphatic carboxylic acids is 1. The number of nitrogens with one attached hydrogen (secondary N) is 1. The number of carbonyl (C=O) groups excluding carboxylic acids is 1. The van der Waals surface area contributed by atoms with E-state index in [-0.39, 0.29) is 24.4 Å². The Balaban J connectivity index is 2.02. The lowest BCUT2D eigenvalue weighted by Crippen LogP contribution is -2.44. The van der Waals surface area contributed by atoms with E-state index < -0.39 is 17.9 Å². The Kier molecular flexibility index (Phi) is 4.92. The number of carboxylic acid groups (broad SMARTS) is 1. The largest absolute Gasteiger partial charge is 0.480 e. The van der Waals surface area contributed by atoms with E-state index in [1.807, 2.05) is 0 Å². The number of aromatic nitrogens is 2. The zero-order valence-electron chi connectivity index (χ0n) is 12.3. The molecule has 2 aromatic heterocycles. The van der Waals surface area contributed by atoms with E-state index in [2.05, 4.69) is 10.3 Å². The molecule has 0 aliphatic heterocycles. The predicted octanol–water partition coefficient (Wildman–Crippen LogP) is 1.07. The van der Waals surface area contributed by atoms with E-state index in [0.717, 1.165) is 0 Å². The summed E-state index contributed by atoms with van der Waals surface area (Å²) < 4.78 is 1.36. The van der Waals surface area contributed by atoms with Gasteiger partial charge in [0.1, 0.15) is 10.9 Å². The number of carboxylic acids is 1. The third kappa shape index (κ3) is 3.51. The van der Waals surface area contributed by atoms with Crippen molar-refractivity contribution in [2.45, 2.75) is 32.9 Å². The van der Waals surface area contributed by atoms with Gasteiger partial charge in [-0.2, -0.15) is 0 Å². The molecule has 1 amide bonds. The van der Waals surface area contributed by atoms with E-state index >= 15 is 0 Å². The quantitative estimate of drug-likeness (QED) is 0.828. The molecule has 1 atom stereocenters. The Morgan fingerprint density at radius 2 is 2.18 bits per heavy atom. The smallest absolute Gasteiger partial charge is 0.326 e. The van der Waals surface area contributed by atoms with Gasteiger partial charge in [0.25, 0.3) is 5.56 Å². The molecule has 0 fully saturated rings. The minimum absolute atomic E-state index is 0.0216. The standard InChI is InChI=1S/C14H17N3O4S/c1-8(2)11(14(20)21)16-10(18)3-5-17-7-15-12-9(13(17)19)4-6-22-12/h4,6-8,11H,3,5H2,1-2H3,(H,16,18)(H,20,21)/t11-/m0/s1. The summed E-state index contributed by atoms with van der Waals surface area (Å²) >= 11 is 1.38. The van der Waals surface area contributed by atoms with Crippen LogP contribution >= 0.6 is 11.3 Å². The van der Waals surface area contributed by atoms with Crippen LogP contribution in [0.2, 0.25) is 0 Å². The minimum Gasteiger partial charge on any atom is -0.480 e. The van der Waals surface area contributed by atoms with Crippen LogP contribution < -0.4 is 10.9 Å². The van der Waals surface area contributed by atoms with Gasteiger partial charge in [-0.05, 0) is 17.4 Å². The first kappa shape index (κ1) is 16.2. The monoisotopic (exact) mass is 323 g/mol. The summed E-state index contributed by atoms with van der Waals surface area (Å²) in [6.07, 6.45) is 1.43. The molecule has 2 rings (SSSR count). The lowest BCUT2D eigenvalue weighted by Gasteiger charge is -2.17. The molecule has 2 heterocycles. The average Bonchev–Trinajstić information content (AvgIpc) is 2.92. The van der Waals surface area contributed by atoms with Gasteiger partial charge in [-0.15, -0.1) is 11.3 Å². The lowest BCUT2D eigenvalue weighted by atomic mass is 10.0. The van der Waals surface area contributed by atoms with Crippen LogP contribution in [0.1, 0.15) is 20.3 Å². The minimum atomic E-state index is -1.07. The van der Waals surface area contributed by atoms with Crippen molar-refractivity contribution in [3.05, 3.63) is 28.1 Å². The second-order valence-electron chi connectivity index (χ2n) is 5.26. The normalized spacial score (nSPS) is 12.5. The summed E-state index contributed by atoms with van der Waals surface area (Å²) in [5.74, 6) is -1.69. The summed E-state index contributed by atoms with van der Waals surface area (Å²) in [6.45, 7) is 3.60. The third-order valence-corrected chi connectivity index (χ3v) is 4.10. The zero-order valence-corrected chi connectivity index (χ0v) is 13.1. The number of amides is 1. The van der Waals surface area contributed by atoms with Crippen LogP contribution in [-0.2, 0) is 16.1 Å². The zero-order chi connectivity index (χ0) is 16.3. The first-order valence-electron chi connectivity index (χ1n) is 6.85. The molecule has 0 aromatic carbocycles. The van der Waals surface area contributed by atoms with Crippen molar-refractivity contribution in [2.24, 2.45) is 5.92 Å². The highest BCUT2D eigenvalue weighted by Crippen LogP contribution is 2.13. The number of hydrogen-bond donors (Lipinski definition) is 2. The van der Waals surface area contributed by atoms with Gasteiger partial charge in [0.15, 0.2) is 0 Å². The van der Waals surface area contributed by atoms with E-state index in [9.17, 15) is 14.4 Å². The summed E-state index contributed by atoms with van der Waals surface area (Å²) in [6, 6.07) is 0.771. The highest BCUT2D eigenvalue weighted by molar-refractivity contribution is 7.16. The second-order valence-corrected chi connectivity index (χ2v) is 6.15. The van der Waals surface area contributed by atoms with Crippen molar-refractivity contribution in [2.75, 3.05) is 0 Å². The maximum absolute atomic E-state index is 12.1. The van der Waals surface area contributed by atoms with Gasteiger partial charge in [0.2, 0.25) is 5.91 Å². The topological polar surface area (TPSA) is 101 Å². The van der Waals surface area contributed by atoms with Crippen LogP contribution in [0.5, 0.6) is 0 Å². The first-order chi connectivity index (χ1) is 10.4. The van der Waals surface area contributed by atoms with Crippen molar-refractivity contribution in [1.29, 1.82) is 0 Å². The molecule has 118 valence electrons. The Morgan fingerprint density at radius 3 is 2.82 bits per heavy atom. The molecular formula is C14H17N3O4S. The SMILES string of the molecule is CC(C)[C@H](NC(=O)CCn1cnc2sccc2c1=O)C(=O)O. The maximum Gasteiger partial charge on any atom is 0.326 e. The van der Waals surface area contributed by atoms with Crippen LogP contribution in [0.15, 0.2) is 22.6 Å². The molecule has 0 saturated heterocycles. The second kappa shape index (κ2) is 6.69. The molecule has 7 nitrogen and oxygen atoms in total. The summed E-state index contributed by atoms with van der Waals surface area (Å²) in [5.41, 5.74) is -0.197. The predicted molar refractivity (Wildman–Crippen MR) is 82.9 cm³/mol. The van der Waals surface area contributed by atoms with Gasteiger partial charge in [0, 0.05) is 13.0 Å². The number of thiophene rings is 1. The Morgan fingerprint density at radius 1 is 1.45 bits per heavy atom. The third-order valence-electron chi connectivity index (χ3n) is 3.28. The van der Waals surface area contributed by atoms with Crippen molar-refractivity contribution >= 4 is 33.4 Å². The van der Waals surface area contributed by atoms with Crippen LogP contribution in [0.3, 0.4) is 0 Å². The number of fused-ring (bicyclic) bond motifs is 1. The molecule has 0 spiro atoms. The lowest BCUT2D eigenvalue weighted by molar-refractivity contribution is -0.143. The van der Waals surface area contributed by atoms with Crippen LogP contribution in [0.25, 0.3) is 10.2 Å². The molecule has 0 unspecified atom stereocenters. The molecule has 8 heteroatoms. The molecule has 2 aromatic rings. The fourth-order valence-corrected chi connectivity index (χ4v) is 2.76. The van der Waals surface area contributed by atoms with E-state index in [1.165, 1.54) is 22.2 Å². The molecule has 22 heavy (non-hydrogen) atoms. The number of nitrogens with zero attached hydrogens (tertiary/aromatic N) is 2. The molecule has 0 saturated carbocycles. The fourth-order valence-electron chi connectivity index (χ4n) is 2.03. The highest BCUT2D eigenvalue weighted by atomic mass is 32.1. The summed E-state index contributed by atoms with van der Waals surface area (Å²) in [4.78, 5) is 39.9. The van der Waals surface area contributed by atoms with Crippen LogP contribution in [-0.4, -0.2) is 32.6 Å². The van der Waals surface area contributed by atoms with Gasteiger partial charge in [0.05, 0.1) is 11.7 Å². The summed E-state index contributed by atoms with van der Waals surface area (Å²) in [7, 11) is 0. The highest BCUT2D eigenvalue weighted by Gasteiger charge is 2.23. The fraction of sp³-hybridized carbons (Fsp3) is 0.429. The van der Waals surface area contributed by atoms with Gasteiger partial charge in [-0.25, -0.2) is 9.78 Å². The molecule has 0 radical (unpaired) electrons. The van der Waals surface area contributed by atoms with Crippen LogP contribution in [0, 0.1) is 5.92 Å². The van der Waals surface area contributed by atoms with Gasteiger partial charge in [-0.1, -0.05) is 13.8 Å². The van der Waals surface area contributed by atoms with E-state index in [1.54, 1.807) is 25.3 Å². The van der Waals surface area contributed by atoms with E-state index in [4.69, 9.17) is 5.11 Å². The number of rotatable bonds is 6. The number of aryl methyl sites for hydroxylation is 1. The van der Waals surface area contributed by atoms with Gasteiger partial charge in [-0.3, -0.25) is 14.2 Å². The summed E-state index contributed by atoms with van der Waals surface area (Å²) in [5, 5.41) is 13.8. The molecule has 2 N–H and O–H groups in total. The van der Waals surface area contributed by atoms with Crippen molar-refractivity contribution in [3.63, 3.8) is 0 Å². The molecule has 0 bridgehead atoms. The Bertz CT molecular complexity index is 750.